The minimum absolute atomic E-state index is 0.0338. The van der Waals surface area contributed by atoms with E-state index >= 15 is 0 Å². The standard InChI is InChI=1S/C16H26N2O5/c1-2-4-14(19)17-6-3-5-12(10-17)16(22)18-7-8-23-11-13(18)9-15(20)21/h12-13H,2-11H2,1H3,(H,20,21)/t12-,13+/m1/s1. The lowest BCUT2D eigenvalue weighted by Crippen LogP contribution is -2.54. The van der Waals surface area contributed by atoms with E-state index in [2.05, 4.69) is 0 Å². The van der Waals surface area contributed by atoms with Crippen molar-refractivity contribution in [3.8, 4) is 0 Å². The molecule has 2 aliphatic rings. The van der Waals surface area contributed by atoms with Gasteiger partial charge in [0.15, 0.2) is 0 Å². The maximum Gasteiger partial charge on any atom is 0.305 e. The molecule has 130 valence electrons. The average molecular weight is 326 g/mol. The topological polar surface area (TPSA) is 87.2 Å². The number of amides is 2. The van der Waals surface area contributed by atoms with Crippen LogP contribution in [0.1, 0.15) is 39.0 Å². The van der Waals surface area contributed by atoms with Crippen molar-refractivity contribution in [1.82, 2.24) is 9.80 Å². The summed E-state index contributed by atoms with van der Waals surface area (Å²) in [6.07, 6.45) is 2.79. The SMILES string of the molecule is CCCC(=O)N1CCC[C@@H](C(=O)N2CCOC[C@@H]2CC(=O)O)C1. The largest absolute Gasteiger partial charge is 0.481 e. The van der Waals surface area contributed by atoms with Crippen LogP contribution >= 0.6 is 0 Å². The molecule has 7 heteroatoms. The number of nitrogens with zero attached hydrogens (tertiary/aromatic N) is 2. The summed E-state index contributed by atoms with van der Waals surface area (Å²) in [6.45, 7) is 4.26. The number of morpholine rings is 1. The second kappa shape index (κ2) is 8.29. The van der Waals surface area contributed by atoms with Crippen molar-refractivity contribution in [2.75, 3.05) is 32.8 Å². The van der Waals surface area contributed by atoms with Crippen LogP contribution in [-0.4, -0.2) is 71.6 Å². The van der Waals surface area contributed by atoms with Crippen molar-refractivity contribution in [1.29, 1.82) is 0 Å². The number of likely N-dealkylation sites (tertiary alicyclic amines) is 1. The molecule has 2 saturated heterocycles. The van der Waals surface area contributed by atoms with Crippen molar-refractivity contribution in [3.63, 3.8) is 0 Å². The van der Waals surface area contributed by atoms with Crippen LogP contribution in [0.2, 0.25) is 0 Å². The van der Waals surface area contributed by atoms with Gasteiger partial charge in [-0.25, -0.2) is 0 Å². The normalized spacial score (nSPS) is 25.3. The van der Waals surface area contributed by atoms with Crippen molar-refractivity contribution < 1.29 is 24.2 Å². The van der Waals surface area contributed by atoms with E-state index in [9.17, 15) is 14.4 Å². The molecule has 0 saturated carbocycles. The molecular formula is C16H26N2O5. The molecule has 0 aliphatic carbocycles. The molecule has 0 aromatic rings. The lowest BCUT2D eigenvalue weighted by atomic mass is 9.95. The molecule has 2 aliphatic heterocycles. The van der Waals surface area contributed by atoms with Gasteiger partial charge >= 0.3 is 5.97 Å². The summed E-state index contributed by atoms with van der Waals surface area (Å²) in [7, 11) is 0. The van der Waals surface area contributed by atoms with Crippen molar-refractivity contribution in [2.45, 2.75) is 45.1 Å². The Balaban J connectivity index is 1.99. The van der Waals surface area contributed by atoms with Crippen LogP contribution in [0.5, 0.6) is 0 Å². The number of carbonyl (C=O) groups excluding carboxylic acids is 2. The first kappa shape index (κ1) is 17.7. The molecule has 0 aromatic heterocycles. The Morgan fingerprint density at radius 2 is 2.04 bits per heavy atom. The number of hydrogen-bond acceptors (Lipinski definition) is 4. The highest BCUT2D eigenvalue weighted by Crippen LogP contribution is 2.22. The van der Waals surface area contributed by atoms with Gasteiger partial charge in [-0.05, 0) is 19.3 Å². The number of carboxylic acids is 1. The van der Waals surface area contributed by atoms with Crippen molar-refractivity contribution in [3.05, 3.63) is 0 Å². The second-order valence-electron chi connectivity index (χ2n) is 6.29. The van der Waals surface area contributed by atoms with Gasteiger partial charge in [-0.2, -0.15) is 0 Å². The Morgan fingerprint density at radius 1 is 1.26 bits per heavy atom. The van der Waals surface area contributed by atoms with Crippen LogP contribution in [-0.2, 0) is 19.1 Å². The molecule has 2 atom stereocenters. The summed E-state index contributed by atoms with van der Waals surface area (Å²) < 4.78 is 5.32. The fourth-order valence-electron chi connectivity index (χ4n) is 3.33. The van der Waals surface area contributed by atoms with Gasteiger partial charge < -0.3 is 19.6 Å². The number of rotatable bonds is 5. The van der Waals surface area contributed by atoms with Gasteiger partial charge in [0.05, 0.1) is 31.6 Å². The highest BCUT2D eigenvalue weighted by molar-refractivity contribution is 5.82. The van der Waals surface area contributed by atoms with Crippen molar-refractivity contribution in [2.24, 2.45) is 5.92 Å². The van der Waals surface area contributed by atoms with Gasteiger partial charge in [0.25, 0.3) is 0 Å². The zero-order chi connectivity index (χ0) is 16.8. The molecule has 0 radical (unpaired) electrons. The molecule has 23 heavy (non-hydrogen) atoms. The van der Waals surface area contributed by atoms with E-state index in [1.165, 1.54) is 0 Å². The van der Waals surface area contributed by atoms with Gasteiger partial charge in [0.1, 0.15) is 0 Å². The number of carboxylic acid groups (broad SMARTS) is 1. The molecule has 2 fully saturated rings. The highest BCUT2D eigenvalue weighted by Gasteiger charge is 2.35. The molecule has 2 rings (SSSR count). The van der Waals surface area contributed by atoms with Crippen LogP contribution in [0.25, 0.3) is 0 Å². The van der Waals surface area contributed by atoms with Gasteiger partial charge in [0, 0.05) is 26.1 Å². The summed E-state index contributed by atoms with van der Waals surface area (Å²) in [5.74, 6) is -1.08. The summed E-state index contributed by atoms with van der Waals surface area (Å²) in [5, 5.41) is 9.00. The monoisotopic (exact) mass is 326 g/mol. The van der Waals surface area contributed by atoms with Crippen LogP contribution in [0.3, 0.4) is 0 Å². The summed E-state index contributed by atoms with van der Waals surface area (Å²) in [4.78, 5) is 39.3. The Bertz CT molecular complexity index is 454. The second-order valence-corrected chi connectivity index (χ2v) is 6.29. The first-order valence-corrected chi connectivity index (χ1v) is 8.40. The number of hydrogen-bond donors (Lipinski definition) is 1. The first-order chi connectivity index (χ1) is 11.0. The predicted octanol–water partition coefficient (Wildman–Crippen LogP) is 0.727. The van der Waals surface area contributed by atoms with E-state index in [0.29, 0.717) is 32.7 Å². The first-order valence-electron chi connectivity index (χ1n) is 8.40. The summed E-state index contributed by atoms with van der Waals surface area (Å²) in [6, 6.07) is -0.407. The van der Waals surface area contributed by atoms with E-state index in [1.54, 1.807) is 9.80 Å². The van der Waals surface area contributed by atoms with Crippen LogP contribution in [0.15, 0.2) is 0 Å². The average Bonchev–Trinajstić information content (AvgIpc) is 2.54. The Morgan fingerprint density at radius 3 is 2.74 bits per heavy atom. The van der Waals surface area contributed by atoms with Gasteiger partial charge in [-0.3, -0.25) is 14.4 Å². The van der Waals surface area contributed by atoms with E-state index in [1.807, 2.05) is 6.92 Å². The van der Waals surface area contributed by atoms with E-state index < -0.39 is 12.0 Å². The maximum absolute atomic E-state index is 12.8. The summed E-state index contributed by atoms with van der Waals surface area (Å²) in [5.41, 5.74) is 0. The van der Waals surface area contributed by atoms with Crippen molar-refractivity contribution >= 4 is 17.8 Å². The third-order valence-corrected chi connectivity index (χ3v) is 4.51. The van der Waals surface area contributed by atoms with Crippen LogP contribution < -0.4 is 0 Å². The minimum Gasteiger partial charge on any atom is -0.481 e. The quantitative estimate of drug-likeness (QED) is 0.805. The van der Waals surface area contributed by atoms with Gasteiger partial charge in [-0.1, -0.05) is 6.92 Å². The van der Waals surface area contributed by atoms with E-state index in [4.69, 9.17) is 9.84 Å². The zero-order valence-corrected chi connectivity index (χ0v) is 13.7. The predicted molar refractivity (Wildman–Crippen MR) is 82.8 cm³/mol. The van der Waals surface area contributed by atoms with Gasteiger partial charge in [-0.15, -0.1) is 0 Å². The van der Waals surface area contributed by atoms with Crippen LogP contribution in [0, 0.1) is 5.92 Å². The molecule has 2 heterocycles. The molecular weight excluding hydrogens is 300 g/mol. The molecule has 1 N–H and O–H groups in total. The van der Waals surface area contributed by atoms with E-state index in [0.717, 1.165) is 19.3 Å². The number of ether oxygens (including phenoxy) is 1. The van der Waals surface area contributed by atoms with Gasteiger partial charge in [0.2, 0.25) is 11.8 Å². The third kappa shape index (κ3) is 4.67. The number of carbonyl (C=O) groups is 3. The third-order valence-electron chi connectivity index (χ3n) is 4.51. The molecule has 0 unspecified atom stereocenters. The zero-order valence-electron chi connectivity index (χ0n) is 13.7. The molecule has 0 bridgehead atoms. The molecule has 0 aromatic carbocycles. The molecule has 7 nitrogen and oxygen atoms in total. The Kier molecular flexibility index (Phi) is 6.38. The lowest BCUT2D eigenvalue weighted by molar-refractivity contribution is -0.151. The number of piperidine rings is 1. The fourth-order valence-corrected chi connectivity index (χ4v) is 3.33. The highest BCUT2D eigenvalue weighted by atomic mass is 16.5. The Hall–Kier alpha value is -1.63. The van der Waals surface area contributed by atoms with Crippen LogP contribution in [0.4, 0.5) is 0 Å². The summed E-state index contributed by atoms with van der Waals surface area (Å²) >= 11 is 0. The smallest absolute Gasteiger partial charge is 0.305 e. The maximum atomic E-state index is 12.8. The number of aliphatic carboxylic acids is 1. The fraction of sp³-hybridized carbons (Fsp3) is 0.812. The van der Waals surface area contributed by atoms with E-state index in [-0.39, 0.29) is 30.8 Å². The molecule has 0 spiro atoms. The Labute approximate surface area is 136 Å². The minimum atomic E-state index is -0.929. The lowest BCUT2D eigenvalue weighted by Gasteiger charge is -2.39. The molecule has 2 amide bonds.